The predicted molar refractivity (Wildman–Crippen MR) is 63.7 cm³/mol. The number of urea groups is 1. The van der Waals surface area contributed by atoms with E-state index in [0.717, 1.165) is 6.29 Å². The van der Waals surface area contributed by atoms with Gasteiger partial charge in [0.25, 0.3) is 0 Å². The van der Waals surface area contributed by atoms with E-state index in [1.165, 1.54) is 0 Å². The fourth-order valence-electron chi connectivity index (χ4n) is 1.19. The molecule has 2 N–H and O–H groups in total. The Labute approximate surface area is 95.0 Å². The Balaban J connectivity index is 2.66. The lowest BCUT2D eigenvalue weighted by Gasteiger charge is -2.20. The van der Waals surface area contributed by atoms with Crippen LogP contribution in [0.2, 0.25) is 0 Å². The maximum atomic E-state index is 11.5. The molecule has 0 unspecified atom stereocenters. The summed E-state index contributed by atoms with van der Waals surface area (Å²) in [5.41, 5.74) is 0.853. The molecule has 0 saturated heterocycles. The summed E-state index contributed by atoms with van der Waals surface area (Å²) in [7, 11) is 0. The van der Waals surface area contributed by atoms with Crippen LogP contribution in [-0.4, -0.2) is 17.9 Å². The van der Waals surface area contributed by atoms with Gasteiger partial charge >= 0.3 is 6.03 Å². The first-order valence-electron chi connectivity index (χ1n) is 5.05. The average molecular weight is 220 g/mol. The summed E-state index contributed by atoms with van der Waals surface area (Å²) in [6.07, 6.45) is 0.743. The molecule has 0 bridgehead atoms. The van der Waals surface area contributed by atoms with Crippen molar-refractivity contribution in [3.63, 3.8) is 0 Å². The standard InChI is InChI=1S/C12H16N2O2/c1-12(2,3)14-11(16)13-10-6-4-5-9(7-10)8-15/h4-8H,1-3H3,(H2,13,14,16). The molecular weight excluding hydrogens is 204 g/mol. The lowest BCUT2D eigenvalue weighted by Crippen LogP contribution is -2.43. The van der Waals surface area contributed by atoms with Crippen molar-refractivity contribution in [1.82, 2.24) is 5.32 Å². The fraction of sp³-hybridized carbons (Fsp3) is 0.333. The molecule has 0 spiro atoms. The molecule has 0 aromatic heterocycles. The van der Waals surface area contributed by atoms with Gasteiger partial charge in [-0.15, -0.1) is 0 Å². The second kappa shape index (κ2) is 4.79. The van der Waals surface area contributed by atoms with Crippen LogP contribution in [0.5, 0.6) is 0 Å². The molecule has 0 aliphatic heterocycles. The SMILES string of the molecule is CC(C)(C)NC(=O)Nc1cccc(C=O)c1. The molecular formula is C12H16N2O2. The molecule has 1 aromatic carbocycles. The van der Waals surface area contributed by atoms with Gasteiger partial charge in [0.1, 0.15) is 6.29 Å². The smallest absolute Gasteiger partial charge is 0.319 e. The zero-order valence-electron chi connectivity index (χ0n) is 9.70. The quantitative estimate of drug-likeness (QED) is 0.752. The van der Waals surface area contributed by atoms with E-state index in [-0.39, 0.29) is 11.6 Å². The number of anilines is 1. The number of carbonyl (C=O) groups excluding carboxylic acids is 2. The number of hydrogen-bond donors (Lipinski definition) is 2. The van der Waals surface area contributed by atoms with Gasteiger partial charge in [0.2, 0.25) is 0 Å². The molecule has 0 aliphatic carbocycles. The number of hydrogen-bond acceptors (Lipinski definition) is 2. The molecule has 1 aromatic rings. The Hall–Kier alpha value is -1.84. The minimum Gasteiger partial charge on any atom is -0.333 e. The summed E-state index contributed by atoms with van der Waals surface area (Å²) in [4.78, 5) is 22.1. The summed E-state index contributed by atoms with van der Waals surface area (Å²) < 4.78 is 0. The fourth-order valence-corrected chi connectivity index (χ4v) is 1.19. The van der Waals surface area contributed by atoms with Crippen molar-refractivity contribution in [3.8, 4) is 0 Å². The normalized spacial score (nSPS) is 10.7. The molecule has 0 fully saturated rings. The zero-order chi connectivity index (χ0) is 12.2. The van der Waals surface area contributed by atoms with E-state index in [1.54, 1.807) is 24.3 Å². The van der Waals surface area contributed by atoms with Gasteiger partial charge in [-0.1, -0.05) is 12.1 Å². The van der Waals surface area contributed by atoms with Gasteiger partial charge in [0.05, 0.1) is 0 Å². The summed E-state index contributed by atoms with van der Waals surface area (Å²) >= 11 is 0. The van der Waals surface area contributed by atoms with Crippen LogP contribution in [0, 0.1) is 0 Å². The average Bonchev–Trinajstić information content (AvgIpc) is 2.15. The van der Waals surface area contributed by atoms with E-state index < -0.39 is 0 Å². The topological polar surface area (TPSA) is 58.2 Å². The van der Waals surface area contributed by atoms with E-state index in [4.69, 9.17) is 0 Å². The van der Waals surface area contributed by atoms with E-state index in [2.05, 4.69) is 10.6 Å². The van der Waals surface area contributed by atoms with Crippen LogP contribution in [0.25, 0.3) is 0 Å². The second-order valence-corrected chi connectivity index (χ2v) is 4.57. The van der Waals surface area contributed by atoms with Crippen LogP contribution < -0.4 is 10.6 Å². The largest absolute Gasteiger partial charge is 0.333 e. The Morgan fingerprint density at radius 3 is 2.56 bits per heavy atom. The summed E-state index contributed by atoms with van der Waals surface area (Å²) in [6, 6.07) is 6.47. The minimum atomic E-state index is -0.285. The molecule has 0 atom stereocenters. The van der Waals surface area contributed by atoms with Crippen molar-refractivity contribution in [1.29, 1.82) is 0 Å². The number of rotatable bonds is 2. The number of nitrogens with one attached hydrogen (secondary N) is 2. The van der Waals surface area contributed by atoms with E-state index in [0.29, 0.717) is 11.3 Å². The van der Waals surface area contributed by atoms with Crippen molar-refractivity contribution < 1.29 is 9.59 Å². The van der Waals surface area contributed by atoms with Crippen molar-refractivity contribution in [2.45, 2.75) is 26.3 Å². The van der Waals surface area contributed by atoms with Crippen LogP contribution in [0.15, 0.2) is 24.3 Å². The van der Waals surface area contributed by atoms with Crippen molar-refractivity contribution >= 4 is 18.0 Å². The summed E-state index contributed by atoms with van der Waals surface area (Å²) in [5.74, 6) is 0. The van der Waals surface area contributed by atoms with Crippen molar-refractivity contribution in [3.05, 3.63) is 29.8 Å². The van der Waals surface area contributed by atoms with Crippen LogP contribution in [0.1, 0.15) is 31.1 Å². The van der Waals surface area contributed by atoms with Crippen molar-refractivity contribution in [2.75, 3.05) is 5.32 Å². The molecule has 16 heavy (non-hydrogen) atoms. The monoisotopic (exact) mass is 220 g/mol. The zero-order valence-corrected chi connectivity index (χ0v) is 9.70. The van der Waals surface area contributed by atoms with Crippen LogP contribution in [-0.2, 0) is 0 Å². The Bertz CT molecular complexity index is 394. The highest BCUT2D eigenvalue weighted by Gasteiger charge is 2.13. The highest BCUT2D eigenvalue weighted by molar-refractivity contribution is 5.90. The van der Waals surface area contributed by atoms with E-state index in [1.807, 2.05) is 20.8 Å². The first-order valence-corrected chi connectivity index (χ1v) is 5.05. The molecule has 2 amide bonds. The maximum Gasteiger partial charge on any atom is 0.319 e. The lowest BCUT2D eigenvalue weighted by atomic mass is 10.1. The van der Waals surface area contributed by atoms with E-state index in [9.17, 15) is 9.59 Å². The molecule has 0 aliphatic rings. The first kappa shape index (κ1) is 12.2. The highest BCUT2D eigenvalue weighted by atomic mass is 16.2. The predicted octanol–water partition coefficient (Wildman–Crippen LogP) is 2.42. The molecule has 4 nitrogen and oxygen atoms in total. The Kier molecular flexibility index (Phi) is 3.66. The van der Waals surface area contributed by atoms with Gasteiger partial charge in [-0.3, -0.25) is 4.79 Å². The van der Waals surface area contributed by atoms with Crippen molar-refractivity contribution in [2.24, 2.45) is 0 Å². The molecule has 4 heteroatoms. The number of benzene rings is 1. The highest BCUT2D eigenvalue weighted by Crippen LogP contribution is 2.09. The van der Waals surface area contributed by atoms with Gasteiger partial charge in [0, 0.05) is 16.8 Å². The van der Waals surface area contributed by atoms with Gasteiger partial charge in [0.15, 0.2) is 0 Å². The lowest BCUT2D eigenvalue weighted by molar-refractivity contribution is 0.112. The Morgan fingerprint density at radius 1 is 1.31 bits per heavy atom. The molecule has 0 radical (unpaired) electrons. The maximum absolute atomic E-state index is 11.5. The third kappa shape index (κ3) is 4.13. The second-order valence-electron chi connectivity index (χ2n) is 4.57. The van der Waals surface area contributed by atoms with Gasteiger partial charge in [-0.25, -0.2) is 4.79 Å². The van der Waals surface area contributed by atoms with Gasteiger partial charge < -0.3 is 10.6 Å². The number of carbonyl (C=O) groups is 2. The van der Waals surface area contributed by atoms with Crippen LogP contribution >= 0.6 is 0 Å². The summed E-state index contributed by atoms with van der Waals surface area (Å²) in [5, 5.41) is 5.43. The molecule has 0 saturated carbocycles. The first-order chi connectivity index (χ1) is 7.40. The molecule has 86 valence electrons. The minimum absolute atomic E-state index is 0.282. The van der Waals surface area contributed by atoms with Crippen LogP contribution in [0.3, 0.4) is 0 Å². The van der Waals surface area contributed by atoms with Crippen LogP contribution in [0.4, 0.5) is 10.5 Å². The summed E-state index contributed by atoms with van der Waals surface area (Å²) in [6.45, 7) is 5.69. The van der Waals surface area contributed by atoms with E-state index >= 15 is 0 Å². The van der Waals surface area contributed by atoms with Gasteiger partial charge in [-0.2, -0.15) is 0 Å². The third-order valence-corrected chi connectivity index (χ3v) is 1.77. The molecule has 1 rings (SSSR count). The Morgan fingerprint density at radius 2 is 2.00 bits per heavy atom. The number of amides is 2. The number of aldehydes is 1. The molecule has 0 heterocycles. The third-order valence-electron chi connectivity index (χ3n) is 1.77. The van der Waals surface area contributed by atoms with Gasteiger partial charge in [-0.05, 0) is 32.9 Å².